The maximum absolute atomic E-state index is 3.51. The molecule has 1 nitrogen and oxygen atoms in total. The van der Waals surface area contributed by atoms with Gasteiger partial charge in [-0.3, -0.25) is 0 Å². The zero-order chi connectivity index (χ0) is 8.32. The van der Waals surface area contributed by atoms with Crippen molar-refractivity contribution in [3.05, 3.63) is 0 Å². The van der Waals surface area contributed by atoms with Gasteiger partial charge in [-0.25, -0.2) is 0 Å². The molecule has 1 unspecified atom stereocenters. The summed E-state index contributed by atoms with van der Waals surface area (Å²) in [6, 6.07) is 0.637. The Hall–Kier alpha value is 0.310. The molecule has 0 aromatic carbocycles. The van der Waals surface area contributed by atoms with Gasteiger partial charge in [0.1, 0.15) is 0 Å². The van der Waals surface area contributed by atoms with Crippen molar-refractivity contribution in [2.75, 3.05) is 18.1 Å². The lowest BCUT2D eigenvalue weighted by Crippen LogP contribution is -2.35. The molecule has 0 spiro atoms. The van der Waals surface area contributed by atoms with Crippen LogP contribution in [0.1, 0.15) is 27.2 Å². The molecule has 0 aliphatic carbocycles. The standard InChI is InChI=1S/C9H19NS/c1-8(2)10-6-9(3)4-5-11-7-9/h8,10H,4-7H2,1-3H3. The molecule has 2 heteroatoms. The minimum atomic E-state index is 0.578. The maximum Gasteiger partial charge on any atom is 0.00157 e. The van der Waals surface area contributed by atoms with E-state index in [2.05, 4.69) is 37.8 Å². The highest BCUT2D eigenvalue weighted by molar-refractivity contribution is 7.99. The molecule has 66 valence electrons. The van der Waals surface area contributed by atoms with Crippen LogP contribution in [0.3, 0.4) is 0 Å². The average molecular weight is 173 g/mol. The smallest absolute Gasteiger partial charge is 0.00157 e. The van der Waals surface area contributed by atoms with Crippen LogP contribution in [-0.2, 0) is 0 Å². The highest BCUT2D eigenvalue weighted by Crippen LogP contribution is 2.34. The average Bonchev–Trinajstić information content (AvgIpc) is 2.33. The Kier molecular flexibility index (Phi) is 3.26. The van der Waals surface area contributed by atoms with E-state index < -0.39 is 0 Å². The predicted molar refractivity (Wildman–Crippen MR) is 53.2 cm³/mol. The van der Waals surface area contributed by atoms with Crippen LogP contribution in [0.4, 0.5) is 0 Å². The maximum atomic E-state index is 3.51. The van der Waals surface area contributed by atoms with E-state index in [9.17, 15) is 0 Å². The molecule has 0 bridgehead atoms. The summed E-state index contributed by atoms with van der Waals surface area (Å²) in [7, 11) is 0. The summed E-state index contributed by atoms with van der Waals surface area (Å²) in [5.74, 6) is 2.70. The lowest BCUT2D eigenvalue weighted by molar-refractivity contribution is 0.338. The van der Waals surface area contributed by atoms with Crippen molar-refractivity contribution in [2.45, 2.75) is 33.2 Å². The first-order valence-electron chi connectivity index (χ1n) is 4.43. The Morgan fingerprint density at radius 1 is 1.55 bits per heavy atom. The third kappa shape index (κ3) is 3.04. The molecule has 1 aliphatic heterocycles. The van der Waals surface area contributed by atoms with E-state index in [4.69, 9.17) is 0 Å². The highest BCUT2D eigenvalue weighted by atomic mass is 32.2. The van der Waals surface area contributed by atoms with Crippen LogP contribution in [-0.4, -0.2) is 24.1 Å². The zero-order valence-corrected chi connectivity index (χ0v) is 8.63. The number of rotatable bonds is 3. The molecule has 1 saturated heterocycles. The van der Waals surface area contributed by atoms with E-state index in [-0.39, 0.29) is 0 Å². The lowest BCUT2D eigenvalue weighted by atomic mass is 9.90. The highest BCUT2D eigenvalue weighted by Gasteiger charge is 2.28. The quantitative estimate of drug-likeness (QED) is 0.701. The molecule has 1 rings (SSSR count). The van der Waals surface area contributed by atoms with Crippen molar-refractivity contribution in [1.29, 1.82) is 0 Å². The van der Waals surface area contributed by atoms with Gasteiger partial charge in [0.2, 0.25) is 0 Å². The fraction of sp³-hybridized carbons (Fsp3) is 1.00. The first-order chi connectivity index (χ1) is 5.12. The summed E-state index contributed by atoms with van der Waals surface area (Å²) in [6.45, 7) is 8.01. The fourth-order valence-corrected chi connectivity index (χ4v) is 2.82. The molecule has 1 atom stereocenters. The van der Waals surface area contributed by atoms with Gasteiger partial charge in [0, 0.05) is 12.6 Å². The minimum absolute atomic E-state index is 0.578. The minimum Gasteiger partial charge on any atom is -0.314 e. The van der Waals surface area contributed by atoms with E-state index in [0.717, 1.165) is 0 Å². The monoisotopic (exact) mass is 173 g/mol. The number of hydrogen-bond acceptors (Lipinski definition) is 2. The Morgan fingerprint density at radius 2 is 2.27 bits per heavy atom. The largest absolute Gasteiger partial charge is 0.314 e. The van der Waals surface area contributed by atoms with Crippen LogP contribution in [0, 0.1) is 5.41 Å². The summed E-state index contributed by atoms with van der Waals surface area (Å²) < 4.78 is 0. The second-order valence-corrected chi connectivity index (χ2v) is 5.25. The first-order valence-corrected chi connectivity index (χ1v) is 5.59. The van der Waals surface area contributed by atoms with Gasteiger partial charge in [-0.05, 0) is 23.3 Å². The molecule has 1 aliphatic rings. The molecule has 0 aromatic rings. The fourth-order valence-electron chi connectivity index (χ4n) is 1.30. The van der Waals surface area contributed by atoms with Crippen molar-refractivity contribution in [2.24, 2.45) is 5.41 Å². The Bertz CT molecular complexity index is 117. The van der Waals surface area contributed by atoms with E-state index in [1.807, 2.05) is 0 Å². The summed E-state index contributed by atoms with van der Waals surface area (Å²) in [6.07, 6.45) is 1.39. The van der Waals surface area contributed by atoms with E-state index in [0.29, 0.717) is 11.5 Å². The number of hydrogen-bond donors (Lipinski definition) is 1. The van der Waals surface area contributed by atoms with Gasteiger partial charge in [0.25, 0.3) is 0 Å². The second kappa shape index (κ2) is 3.81. The van der Waals surface area contributed by atoms with E-state index >= 15 is 0 Å². The van der Waals surface area contributed by atoms with E-state index in [1.165, 1.54) is 24.5 Å². The van der Waals surface area contributed by atoms with Gasteiger partial charge < -0.3 is 5.32 Å². The zero-order valence-electron chi connectivity index (χ0n) is 7.81. The van der Waals surface area contributed by atoms with Crippen LogP contribution in [0.15, 0.2) is 0 Å². The van der Waals surface area contributed by atoms with Crippen LogP contribution in [0.25, 0.3) is 0 Å². The second-order valence-electron chi connectivity index (χ2n) is 4.15. The molecule has 1 fully saturated rings. The molecule has 0 saturated carbocycles. The third-order valence-corrected chi connectivity index (χ3v) is 3.63. The Morgan fingerprint density at radius 3 is 2.73 bits per heavy atom. The Labute approximate surface area is 74.3 Å². The van der Waals surface area contributed by atoms with Crippen LogP contribution >= 0.6 is 11.8 Å². The number of nitrogens with one attached hydrogen (secondary N) is 1. The normalized spacial score (nSPS) is 31.6. The molecule has 0 amide bonds. The summed E-state index contributed by atoms with van der Waals surface area (Å²) in [4.78, 5) is 0. The third-order valence-electron chi connectivity index (χ3n) is 2.24. The summed E-state index contributed by atoms with van der Waals surface area (Å²) >= 11 is 2.09. The van der Waals surface area contributed by atoms with Gasteiger partial charge in [0.15, 0.2) is 0 Å². The number of thioether (sulfide) groups is 1. The SMILES string of the molecule is CC(C)NCC1(C)CCSC1. The first kappa shape index (κ1) is 9.40. The molecular formula is C9H19NS. The molecule has 0 aromatic heterocycles. The predicted octanol–water partition coefficient (Wildman–Crippen LogP) is 2.13. The van der Waals surface area contributed by atoms with Crippen molar-refractivity contribution in [3.8, 4) is 0 Å². The van der Waals surface area contributed by atoms with Crippen LogP contribution < -0.4 is 5.32 Å². The molecular weight excluding hydrogens is 154 g/mol. The topological polar surface area (TPSA) is 12.0 Å². The summed E-state index contributed by atoms with van der Waals surface area (Å²) in [5.41, 5.74) is 0.578. The van der Waals surface area contributed by atoms with Gasteiger partial charge >= 0.3 is 0 Å². The lowest BCUT2D eigenvalue weighted by Gasteiger charge is -2.24. The van der Waals surface area contributed by atoms with Gasteiger partial charge in [-0.1, -0.05) is 20.8 Å². The molecule has 1 heterocycles. The van der Waals surface area contributed by atoms with Crippen LogP contribution in [0.2, 0.25) is 0 Å². The van der Waals surface area contributed by atoms with Gasteiger partial charge in [-0.15, -0.1) is 0 Å². The van der Waals surface area contributed by atoms with E-state index in [1.54, 1.807) is 0 Å². The molecule has 11 heavy (non-hydrogen) atoms. The van der Waals surface area contributed by atoms with Gasteiger partial charge in [-0.2, -0.15) is 11.8 Å². The van der Waals surface area contributed by atoms with Crippen molar-refractivity contribution < 1.29 is 0 Å². The van der Waals surface area contributed by atoms with Gasteiger partial charge in [0.05, 0.1) is 0 Å². The van der Waals surface area contributed by atoms with Crippen molar-refractivity contribution >= 4 is 11.8 Å². The van der Waals surface area contributed by atoms with Crippen LogP contribution in [0.5, 0.6) is 0 Å². The summed E-state index contributed by atoms with van der Waals surface area (Å²) in [5, 5.41) is 3.51. The van der Waals surface area contributed by atoms with Crippen molar-refractivity contribution in [3.63, 3.8) is 0 Å². The molecule has 1 N–H and O–H groups in total. The molecule has 0 radical (unpaired) electrons. The Balaban J connectivity index is 2.23. The van der Waals surface area contributed by atoms with Crippen molar-refractivity contribution in [1.82, 2.24) is 5.32 Å².